The average Bonchev–Trinajstić information content (AvgIpc) is 3.37. The van der Waals surface area contributed by atoms with Crippen molar-refractivity contribution in [3.63, 3.8) is 0 Å². The lowest BCUT2D eigenvalue weighted by molar-refractivity contribution is -0.148. The second-order valence-corrected chi connectivity index (χ2v) is 7.18. The molecule has 152 valence electrons. The summed E-state index contributed by atoms with van der Waals surface area (Å²) < 4.78 is 15.9. The molecule has 1 aromatic carbocycles. The smallest absolute Gasteiger partial charge is 0.329 e. The molecule has 0 saturated heterocycles. The maximum absolute atomic E-state index is 12.5. The van der Waals surface area contributed by atoms with Gasteiger partial charge < -0.3 is 18.9 Å². The summed E-state index contributed by atoms with van der Waals surface area (Å²) in [4.78, 5) is 25.0. The van der Waals surface area contributed by atoms with Crippen LogP contribution in [0.2, 0.25) is 5.02 Å². The Hall–Kier alpha value is -3.13. The first kappa shape index (κ1) is 20.6. The molecule has 9 heteroatoms. The van der Waals surface area contributed by atoms with Crippen molar-refractivity contribution < 1.29 is 23.2 Å². The lowest BCUT2D eigenvalue weighted by Gasteiger charge is -2.19. The van der Waals surface area contributed by atoms with Crippen LogP contribution in [0.1, 0.15) is 36.5 Å². The van der Waals surface area contributed by atoms with Gasteiger partial charge >= 0.3 is 5.97 Å². The molecule has 29 heavy (non-hydrogen) atoms. The molecule has 3 aromatic rings. The number of rotatable bonds is 8. The largest absolute Gasteiger partial charge is 0.459 e. The van der Waals surface area contributed by atoms with Crippen LogP contribution in [0.4, 0.5) is 0 Å². The Morgan fingerprint density at radius 1 is 1.17 bits per heavy atom. The Morgan fingerprint density at radius 2 is 1.93 bits per heavy atom. The number of carbonyl (C=O) groups excluding carboxylic acids is 2. The molecule has 0 spiro atoms. The molecule has 1 atom stereocenters. The van der Waals surface area contributed by atoms with Crippen LogP contribution >= 0.6 is 11.6 Å². The zero-order valence-corrected chi connectivity index (χ0v) is 16.7. The van der Waals surface area contributed by atoms with E-state index in [9.17, 15) is 9.59 Å². The van der Waals surface area contributed by atoms with Crippen molar-refractivity contribution in [2.45, 2.75) is 32.9 Å². The minimum absolute atomic E-state index is 0.122. The first-order valence-corrected chi connectivity index (χ1v) is 9.39. The normalized spacial score (nSPS) is 12.0. The van der Waals surface area contributed by atoms with Crippen molar-refractivity contribution in [1.29, 1.82) is 0 Å². The van der Waals surface area contributed by atoms with Gasteiger partial charge in [0.05, 0.1) is 6.26 Å². The standard InChI is InChI=1S/C20H20ClN3O5/c1-12(2)10-15(22-18(25)13-5-7-14(21)8-6-13)20(26)28-11-17-23-24-19(29-17)16-4-3-9-27-16/h3-9,12,15H,10-11H2,1-2H3,(H,22,25)/t15-/m1/s1. The van der Waals surface area contributed by atoms with E-state index in [1.54, 1.807) is 36.4 Å². The van der Waals surface area contributed by atoms with Crippen LogP contribution in [0, 0.1) is 5.92 Å². The number of hydrogen-bond donors (Lipinski definition) is 1. The fourth-order valence-electron chi connectivity index (χ4n) is 2.57. The predicted molar refractivity (Wildman–Crippen MR) is 104 cm³/mol. The van der Waals surface area contributed by atoms with Gasteiger partial charge in [-0.2, -0.15) is 0 Å². The number of benzene rings is 1. The van der Waals surface area contributed by atoms with Gasteiger partial charge in [-0.25, -0.2) is 4.79 Å². The van der Waals surface area contributed by atoms with Gasteiger partial charge in [-0.05, 0) is 48.7 Å². The molecule has 1 N–H and O–H groups in total. The number of carbonyl (C=O) groups is 2. The predicted octanol–water partition coefficient (Wildman–Crippen LogP) is 3.87. The van der Waals surface area contributed by atoms with E-state index >= 15 is 0 Å². The Bertz CT molecular complexity index is 951. The average molecular weight is 418 g/mol. The zero-order chi connectivity index (χ0) is 20.8. The van der Waals surface area contributed by atoms with Crippen LogP contribution in [0.15, 0.2) is 51.5 Å². The van der Waals surface area contributed by atoms with Gasteiger partial charge in [0.2, 0.25) is 0 Å². The molecule has 3 rings (SSSR count). The van der Waals surface area contributed by atoms with E-state index in [2.05, 4.69) is 15.5 Å². The Labute approximate surface area is 172 Å². The highest BCUT2D eigenvalue weighted by molar-refractivity contribution is 6.30. The number of furan rings is 1. The van der Waals surface area contributed by atoms with Gasteiger partial charge in [0.1, 0.15) is 6.04 Å². The molecule has 0 aliphatic carbocycles. The molecule has 2 heterocycles. The molecule has 0 aliphatic rings. The summed E-state index contributed by atoms with van der Waals surface area (Å²) in [5, 5.41) is 10.9. The highest BCUT2D eigenvalue weighted by Gasteiger charge is 2.25. The fraction of sp³-hybridized carbons (Fsp3) is 0.300. The molecule has 1 amide bonds. The molecule has 0 aliphatic heterocycles. The summed E-state index contributed by atoms with van der Waals surface area (Å²) in [6, 6.07) is 8.95. The summed E-state index contributed by atoms with van der Waals surface area (Å²) in [5.41, 5.74) is 0.399. The van der Waals surface area contributed by atoms with Crippen LogP contribution in [-0.2, 0) is 16.1 Å². The van der Waals surface area contributed by atoms with E-state index in [0.29, 0.717) is 22.8 Å². The number of amides is 1. The second kappa shape index (κ2) is 9.38. The molecular weight excluding hydrogens is 398 g/mol. The first-order chi connectivity index (χ1) is 13.9. The summed E-state index contributed by atoms with van der Waals surface area (Å²) in [7, 11) is 0. The summed E-state index contributed by atoms with van der Waals surface area (Å²) >= 11 is 5.84. The number of ether oxygens (including phenoxy) is 1. The molecule has 0 unspecified atom stereocenters. The molecule has 2 aromatic heterocycles. The van der Waals surface area contributed by atoms with Crippen LogP contribution in [0.25, 0.3) is 11.7 Å². The van der Waals surface area contributed by atoms with E-state index in [1.807, 2.05) is 13.8 Å². The van der Waals surface area contributed by atoms with E-state index in [0.717, 1.165) is 0 Å². The molecule has 0 bridgehead atoms. The van der Waals surface area contributed by atoms with Crippen molar-refractivity contribution in [3.8, 4) is 11.7 Å². The SMILES string of the molecule is CC(C)C[C@@H](NC(=O)c1ccc(Cl)cc1)C(=O)OCc1nnc(-c2ccco2)o1. The van der Waals surface area contributed by atoms with Crippen LogP contribution in [0.5, 0.6) is 0 Å². The van der Waals surface area contributed by atoms with E-state index in [4.69, 9.17) is 25.2 Å². The summed E-state index contributed by atoms with van der Waals surface area (Å²) in [6.45, 7) is 3.68. The van der Waals surface area contributed by atoms with Crippen molar-refractivity contribution in [2.24, 2.45) is 5.92 Å². The van der Waals surface area contributed by atoms with Crippen LogP contribution in [-0.4, -0.2) is 28.1 Å². The molecule has 8 nitrogen and oxygen atoms in total. The minimum atomic E-state index is -0.814. The third kappa shape index (κ3) is 5.68. The third-order valence-corrected chi connectivity index (χ3v) is 4.19. The van der Waals surface area contributed by atoms with E-state index < -0.39 is 12.0 Å². The number of esters is 1. The first-order valence-electron chi connectivity index (χ1n) is 9.01. The van der Waals surface area contributed by atoms with Crippen LogP contribution in [0.3, 0.4) is 0 Å². The van der Waals surface area contributed by atoms with E-state index in [1.165, 1.54) is 6.26 Å². The number of aromatic nitrogens is 2. The lowest BCUT2D eigenvalue weighted by Crippen LogP contribution is -2.42. The van der Waals surface area contributed by atoms with Gasteiger partial charge in [0.25, 0.3) is 17.7 Å². The number of halogens is 1. The van der Waals surface area contributed by atoms with Crippen molar-refractivity contribution >= 4 is 23.5 Å². The Kier molecular flexibility index (Phi) is 6.66. The number of hydrogen-bond acceptors (Lipinski definition) is 7. The quantitative estimate of drug-likeness (QED) is 0.554. The Morgan fingerprint density at radius 3 is 2.59 bits per heavy atom. The van der Waals surface area contributed by atoms with Crippen molar-refractivity contribution in [3.05, 3.63) is 59.1 Å². The highest BCUT2D eigenvalue weighted by Crippen LogP contribution is 2.18. The van der Waals surface area contributed by atoms with Crippen molar-refractivity contribution in [2.75, 3.05) is 0 Å². The maximum atomic E-state index is 12.5. The zero-order valence-electron chi connectivity index (χ0n) is 15.9. The maximum Gasteiger partial charge on any atom is 0.329 e. The monoisotopic (exact) mass is 417 g/mol. The minimum Gasteiger partial charge on any atom is -0.459 e. The molecule has 0 fully saturated rings. The summed E-state index contributed by atoms with van der Waals surface area (Å²) in [6.07, 6.45) is 1.90. The fourth-order valence-corrected chi connectivity index (χ4v) is 2.70. The topological polar surface area (TPSA) is 107 Å². The molecule has 0 radical (unpaired) electrons. The number of nitrogens with zero attached hydrogens (tertiary/aromatic N) is 2. The van der Waals surface area contributed by atoms with Gasteiger partial charge in [0, 0.05) is 10.6 Å². The second-order valence-electron chi connectivity index (χ2n) is 6.75. The van der Waals surface area contributed by atoms with Gasteiger partial charge in [-0.1, -0.05) is 25.4 Å². The van der Waals surface area contributed by atoms with Gasteiger partial charge in [0.15, 0.2) is 12.4 Å². The van der Waals surface area contributed by atoms with E-state index in [-0.39, 0.29) is 30.2 Å². The van der Waals surface area contributed by atoms with Gasteiger partial charge in [-0.3, -0.25) is 4.79 Å². The van der Waals surface area contributed by atoms with Gasteiger partial charge in [-0.15, -0.1) is 10.2 Å². The summed E-state index contributed by atoms with van der Waals surface area (Å²) in [5.74, 6) is -0.0798. The Balaban J connectivity index is 1.61. The van der Waals surface area contributed by atoms with Crippen LogP contribution < -0.4 is 5.32 Å². The molecular formula is C20H20ClN3O5. The number of nitrogens with one attached hydrogen (secondary N) is 1. The van der Waals surface area contributed by atoms with Crippen molar-refractivity contribution in [1.82, 2.24) is 15.5 Å². The molecule has 0 saturated carbocycles. The highest BCUT2D eigenvalue weighted by atomic mass is 35.5. The lowest BCUT2D eigenvalue weighted by atomic mass is 10.0. The third-order valence-electron chi connectivity index (χ3n) is 3.94.